The van der Waals surface area contributed by atoms with Gasteiger partial charge in [-0.25, -0.2) is 4.99 Å². The summed E-state index contributed by atoms with van der Waals surface area (Å²) in [6.45, 7) is 10.5. The number of ether oxygens (including phenoxy) is 1. The molecule has 0 aromatic carbocycles. The molecule has 0 amide bonds. The highest BCUT2D eigenvalue weighted by molar-refractivity contribution is 5.80. The number of aliphatic imine (C=N–C) groups is 1. The molecule has 2 atom stereocenters. The summed E-state index contributed by atoms with van der Waals surface area (Å²) in [5.41, 5.74) is 0. The third-order valence-corrected chi connectivity index (χ3v) is 6.93. The summed E-state index contributed by atoms with van der Waals surface area (Å²) in [6.07, 6.45) is 7.77. The summed E-state index contributed by atoms with van der Waals surface area (Å²) in [4.78, 5) is 10.3. The first-order valence-electron chi connectivity index (χ1n) is 11.9. The lowest BCUT2D eigenvalue weighted by Crippen LogP contribution is -2.57. The van der Waals surface area contributed by atoms with Crippen molar-refractivity contribution < 1.29 is 4.74 Å². The van der Waals surface area contributed by atoms with Gasteiger partial charge in [0.2, 0.25) is 0 Å². The maximum Gasteiger partial charge on any atom is 0.194 e. The van der Waals surface area contributed by atoms with Crippen molar-refractivity contribution >= 4 is 5.96 Å². The van der Waals surface area contributed by atoms with Crippen LogP contribution in [0.3, 0.4) is 0 Å². The smallest absolute Gasteiger partial charge is 0.194 e. The number of nitrogens with one attached hydrogen (secondary N) is 1. The van der Waals surface area contributed by atoms with Crippen LogP contribution >= 0.6 is 0 Å². The topological polar surface area (TPSA) is 70.8 Å². The third-order valence-electron chi connectivity index (χ3n) is 6.93. The molecule has 0 spiro atoms. The highest BCUT2D eigenvalue weighted by Gasteiger charge is 2.42. The summed E-state index contributed by atoms with van der Waals surface area (Å²) in [6, 6.07) is 1.66. The summed E-state index contributed by atoms with van der Waals surface area (Å²) in [7, 11) is 2.01. The van der Waals surface area contributed by atoms with Crippen LogP contribution in [0.2, 0.25) is 0 Å². The zero-order chi connectivity index (χ0) is 20.9. The fraction of sp³-hybridized carbons (Fsp3) is 0.864. The average molecular weight is 418 g/mol. The number of aryl methyl sites for hydroxylation is 1. The van der Waals surface area contributed by atoms with Crippen molar-refractivity contribution in [3.63, 3.8) is 0 Å². The van der Waals surface area contributed by atoms with E-state index in [1.54, 1.807) is 0 Å². The SMILES string of the molecule is CCOCCCNC(=NCc1nnc(C)n1C)N1CCC2C(CCCN2C2CC2)C1. The Labute approximate surface area is 181 Å². The van der Waals surface area contributed by atoms with Crippen LogP contribution in [-0.4, -0.2) is 82.0 Å². The third kappa shape index (κ3) is 5.14. The van der Waals surface area contributed by atoms with Gasteiger partial charge in [0.15, 0.2) is 11.8 Å². The minimum Gasteiger partial charge on any atom is -0.382 e. The largest absolute Gasteiger partial charge is 0.382 e. The quantitative estimate of drug-likeness (QED) is 0.396. The van der Waals surface area contributed by atoms with Crippen molar-refractivity contribution in [3.05, 3.63) is 11.6 Å². The van der Waals surface area contributed by atoms with E-state index in [1.165, 1.54) is 38.6 Å². The van der Waals surface area contributed by atoms with E-state index in [0.29, 0.717) is 6.54 Å². The second-order valence-corrected chi connectivity index (χ2v) is 9.01. The van der Waals surface area contributed by atoms with Gasteiger partial charge in [-0.05, 0) is 64.8 Å². The molecule has 1 aromatic rings. The molecule has 2 saturated heterocycles. The zero-order valence-electron chi connectivity index (χ0n) is 19.0. The molecule has 168 valence electrons. The molecular weight excluding hydrogens is 378 g/mol. The monoisotopic (exact) mass is 417 g/mol. The average Bonchev–Trinajstić information content (AvgIpc) is 3.56. The molecule has 2 aliphatic heterocycles. The van der Waals surface area contributed by atoms with Crippen molar-refractivity contribution in [1.82, 2.24) is 29.9 Å². The highest BCUT2D eigenvalue weighted by atomic mass is 16.5. The molecule has 3 fully saturated rings. The molecule has 2 unspecified atom stereocenters. The number of nitrogens with zero attached hydrogens (tertiary/aromatic N) is 6. The van der Waals surface area contributed by atoms with Crippen molar-refractivity contribution in [1.29, 1.82) is 0 Å². The number of rotatable bonds is 8. The van der Waals surface area contributed by atoms with Crippen molar-refractivity contribution in [2.24, 2.45) is 18.0 Å². The Balaban J connectivity index is 1.40. The zero-order valence-corrected chi connectivity index (χ0v) is 19.0. The molecule has 0 bridgehead atoms. The summed E-state index contributed by atoms with van der Waals surface area (Å²) in [5.74, 6) is 3.62. The lowest BCUT2D eigenvalue weighted by molar-refractivity contribution is 0.0369. The van der Waals surface area contributed by atoms with Crippen LogP contribution in [0, 0.1) is 12.8 Å². The van der Waals surface area contributed by atoms with Gasteiger partial charge in [0, 0.05) is 52.0 Å². The van der Waals surface area contributed by atoms with E-state index in [4.69, 9.17) is 9.73 Å². The first-order valence-corrected chi connectivity index (χ1v) is 11.9. The van der Waals surface area contributed by atoms with E-state index in [1.807, 2.05) is 25.5 Å². The molecule has 1 aliphatic carbocycles. The predicted molar refractivity (Wildman–Crippen MR) is 118 cm³/mol. The van der Waals surface area contributed by atoms with Crippen LogP contribution in [0.15, 0.2) is 4.99 Å². The fourth-order valence-electron chi connectivity index (χ4n) is 5.01. The standard InChI is InChI=1S/C22H39N7O/c1-4-30-14-6-11-23-22(24-15-21-26-25-17(2)27(21)3)28-13-10-20-18(16-28)7-5-12-29(20)19-8-9-19/h18-20H,4-16H2,1-3H3,(H,23,24). The minimum atomic E-state index is 0.559. The van der Waals surface area contributed by atoms with E-state index in [-0.39, 0.29) is 0 Å². The maximum atomic E-state index is 5.50. The lowest BCUT2D eigenvalue weighted by atomic mass is 9.83. The molecule has 0 radical (unpaired) electrons. The number of likely N-dealkylation sites (tertiary alicyclic amines) is 2. The van der Waals surface area contributed by atoms with Gasteiger partial charge in [-0.15, -0.1) is 10.2 Å². The second-order valence-electron chi connectivity index (χ2n) is 9.01. The van der Waals surface area contributed by atoms with Gasteiger partial charge in [0.05, 0.1) is 0 Å². The molecule has 1 aromatic heterocycles. The molecular formula is C22H39N7O. The Hall–Kier alpha value is -1.67. The second kappa shape index (κ2) is 10.1. The van der Waals surface area contributed by atoms with Gasteiger partial charge in [-0.1, -0.05) is 0 Å². The Morgan fingerprint density at radius 2 is 2.07 bits per heavy atom. The number of guanidine groups is 1. The van der Waals surface area contributed by atoms with Crippen LogP contribution in [0.5, 0.6) is 0 Å². The number of hydrogen-bond acceptors (Lipinski definition) is 5. The van der Waals surface area contributed by atoms with E-state index >= 15 is 0 Å². The molecule has 1 N–H and O–H groups in total. The summed E-state index contributed by atoms with van der Waals surface area (Å²) in [5, 5.41) is 12.1. The number of piperidine rings is 2. The Kier molecular flexibility index (Phi) is 7.25. The maximum absolute atomic E-state index is 5.50. The van der Waals surface area contributed by atoms with Gasteiger partial charge in [0.1, 0.15) is 12.4 Å². The van der Waals surface area contributed by atoms with E-state index in [9.17, 15) is 0 Å². The Morgan fingerprint density at radius 1 is 1.20 bits per heavy atom. The van der Waals surface area contributed by atoms with E-state index in [0.717, 1.165) is 74.9 Å². The number of fused-ring (bicyclic) bond motifs is 1. The Bertz CT molecular complexity index is 714. The number of hydrogen-bond donors (Lipinski definition) is 1. The van der Waals surface area contributed by atoms with Crippen molar-refractivity contribution in [2.75, 3.05) is 39.4 Å². The van der Waals surface area contributed by atoms with E-state index < -0.39 is 0 Å². The number of aromatic nitrogens is 3. The summed E-state index contributed by atoms with van der Waals surface area (Å²) >= 11 is 0. The van der Waals surface area contributed by atoms with Gasteiger partial charge < -0.3 is 19.5 Å². The predicted octanol–water partition coefficient (Wildman–Crippen LogP) is 1.94. The molecule has 1 saturated carbocycles. The highest BCUT2D eigenvalue weighted by Crippen LogP contribution is 2.38. The normalized spacial score (nSPS) is 25.4. The molecule has 3 heterocycles. The molecule has 8 nitrogen and oxygen atoms in total. The minimum absolute atomic E-state index is 0.559. The fourth-order valence-corrected chi connectivity index (χ4v) is 5.01. The van der Waals surface area contributed by atoms with E-state index in [2.05, 4.69) is 25.3 Å². The van der Waals surface area contributed by atoms with Gasteiger partial charge in [-0.3, -0.25) is 4.90 Å². The van der Waals surface area contributed by atoms with Gasteiger partial charge in [0.25, 0.3) is 0 Å². The van der Waals surface area contributed by atoms with Crippen molar-refractivity contribution in [2.45, 2.75) is 71.0 Å². The molecule has 4 rings (SSSR count). The van der Waals surface area contributed by atoms with Crippen molar-refractivity contribution in [3.8, 4) is 0 Å². The molecule has 3 aliphatic rings. The molecule has 30 heavy (non-hydrogen) atoms. The first kappa shape index (κ1) is 21.6. The van der Waals surface area contributed by atoms with Crippen LogP contribution in [0.4, 0.5) is 0 Å². The molecule has 8 heteroatoms. The van der Waals surface area contributed by atoms with Gasteiger partial charge >= 0.3 is 0 Å². The van der Waals surface area contributed by atoms with Crippen LogP contribution in [0.25, 0.3) is 0 Å². The van der Waals surface area contributed by atoms with Crippen LogP contribution in [0.1, 0.15) is 57.1 Å². The van der Waals surface area contributed by atoms with Gasteiger partial charge in [-0.2, -0.15) is 0 Å². The van der Waals surface area contributed by atoms with Crippen LogP contribution < -0.4 is 5.32 Å². The first-order chi connectivity index (χ1) is 14.7. The Morgan fingerprint density at radius 3 is 2.80 bits per heavy atom. The lowest BCUT2D eigenvalue weighted by Gasteiger charge is -2.48. The van der Waals surface area contributed by atoms with Crippen LogP contribution in [-0.2, 0) is 18.3 Å². The summed E-state index contributed by atoms with van der Waals surface area (Å²) < 4.78 is 7.52.